The lowest BCUT2D eigenvalue weighted by atomic mass is 9.83. The number of nitrogens with one attached hydrogen (secondary N) is 1. The molecular formula is C16H23NO2. The molecule has 0 radical (unpaired) electrons. The maximum absolute atomic E-state index is 6.03. The minimum atomic E-state index is 0.270. The van der Waals surface area contributed by atoms with Gasteiger partial charge in [-0.15, -0.1) is 0 Å². The summed E-state index contributed by atoms with van der Waals surface area (Å²) in [5.41, 5.74) is 2.93. The Kier molecular flexibility index (Phi) is 3.65. The Hall–Kier alpha value is -1.22. The van der Waals surface area contributed by atoms with Gasteiger partial charge in [0.15, 0.2) is 0 Å². The zero-order valence-corrected chi connectivity index (χ0v) is 11.7. The Morgan fingerprint density at radius 1 is 1.32 bits per heavy atom. The molecule has 0 bridgehead atoms. The quantitative estimate of drug-likeness (QED) is 0.906. The first kappa shape index (κ1) is 12.8. The zero-order chi connectivity index (χ0) is 13.1. The van der Waals surface area contributed by atoms with Gasteiger partial charge in [-0.05, 0) is 49.4 Å². The molecule has 3 nitrogen and oxygen atoms in total. The lowest BCUT2D eigenvalue weighted by Gasteiger charge is -2.33. The summed E-state index contributed by atoms with van der Waals surface area (Å²) in [4.78, 5) is 0. The van der Waals surface area contributed by atoms with Crippen LogP contribution in [0.2, 0.25) is 0 Å². The van der Waals surface area contributed by atoms with E-state index in [1.54, 1.807) is 0 Å². The van der Waals surface area contributed by atoms with Crippen molar-refractivity contribution in [3.63, 3.8) is 0 Å². The fourth-order valence-electron chi connectivity index (χ4n) is 2.81. The number of rotatable bonds is 3. The van der Waals surface area contributed by atoms with Crippen molar-refractivity contribution in [1.82, 2.24) is 0 Å². The number of benzene rings is 1. The molecule has 3 heteroatoms. The summed E-state index contributed by atoms with van der Waals surface area (Å²) in [7, 11) is 0. The van der Waals surface area contributed by atoms with Crippen LogP contribution >= 0.6 is 0 Å². The highest BCUT2D eigenvalue weighted by Crippen LogP contribution is 2.32. The number of anilines is 1. The second-order valence-electron chi connectivity index (χ2n) is 6.06. The van der Waals surface area contributed by atoms with Crippen LogP contribution in [0, 0.1) is 5.41 Å². The van der Waals surface area contributed by atoms with Crippen LogP contribution in [-0.2, 0) is 11.2 Å². The van der Waals surface area contributed by atoms with Crippen molar-refractivity contribution in [3.05, 3.63) is 23.8 Å². The van der Waals surface area contributed by atoms with Crippen LogP contribution in [0.3, 0.4) is 0 Å². The van der Waals surface area contributed by atoms with E-state index in [0.29, 0.717) is 0 Å². The standard InChI is InChI=1S/C16H23NO2/c1-16(6-9-18-10-7-16)12-19-14-4-5-15-13(11-14)3-2-8-17-15/h4-5,11,17H,2-3,6-10,12H2,1H3. The molecule has 0 aromatic heterocycles. The van der Waals surface area contributed by atoms with Gasteiger partial charge in [-0.1, -0.05) is 6.92 Å². The minimum Gasteiger partial charge on any atom is -0.493 e. The Morgan fingerprint density at radius 3 is 3.00 bits per heavy atom. The second-order valence-corrected chi connectivity index (χ2v) is 6.06. The first-order chi connectivity index (χ1) is 9.25. The number of hydrogen-bond donors (Lipinski definition) is 1. The topological polar surface area (TPSA) is 30.5 Å². The van der Waals surface area contributed by atoms with Crippen molar-refractivity contribution >= 4 is 5.69 Å². The van der Waals surface area contributed by atoms with E-state index < -0.39 is 0 Å². The highest BCUT2D eigenvalue weighted by molar-refractivity contribution is 5.55. The summed E-state index contributed by atoms with van der Waals surface area (Å²) in [6, 6.07) is 6.43. The van der Waals surface area contributed by atoms with Crippen LogP contribution in [-0.4, -0.2) is 26.4 Å². The largest absolute Gasteiger partial charge is 0.493 e. The van der Waals surface area contributed by atoms with Crippen molar-refractivity contribution < 1.29 is 9.47 Å². The summed E-state index contributed by atoms with van der Waals surface area (Å²) in [5, 5.41) is 3.43. The molecule has 0 unspecified atom stereocenters. The van der Waals surface area contributed by atoms with Crippen LogP contribution in [0.15, 0.2) is 18.2 Å². The average Bonchev–Trinajstić information content (AvgIpc) is 2.46. The van der Waals surface area contributed by atoms with Crippen LogP contribution < -0.4 is 10.1 Å². The van der Waals surface area contributed by atoms with Gasteiger partial charge in [0.2, 0.25) is 0 Å². The molecule has 1 saturated heterocycles. The van der Waals surface area contributed by atoms with Crippen molar-refractivity contribution in [3.8, 4) is 5.75 Å². The molecule has 19 heavy (non-hydrogen) atoms. The first-order valence-electron chi connectivity index (χ1n) is 7.33. The van der Waals surface area contributed by atoms with E-state index in [0.717, 1.165) is 51.4 Å². The van der Waals surface area contributed by atoms with Crippen LogP contribution in [0.25, 0.3) is 0 Å². The Morgan fingerprint density at radius 2 is 2.16 bits per heavy atom. The molecule has 2 aliphatic heterocycles. The van der Waals surface area contributed by atoms with Gasteiger partial charge in [-0.3, -0.25) is 0 Å². The van der Waals surface area contributed by atoms with E-state index in [1.807, 2.05) is 0 Å². The molecule has 104 valence electrons. The molecule has 0 atom stereocenters. The van der Waals surface area contributed by atoms with Gasteiger partial charge < -0.3 is 14.8 Å². The smallest absolute Gasteiger partial charge is 0.119 e. The van der Waals surface area contributed by atoms with Gasteiger partial charge in [0.1, 0.15) is 5.75 Å². The van der Waals surface area contributed by atoms with Gasteiger partial charge in [0.05, 0.1) is 6.61 Å². The van der Waals surface area contributed by atoms with E-state index in [1.165, 1.54) is 17.7 Å². The SMILES string of the molecule is CC1(COc2ccc3c(c2)CCCN3)CCOCC1. The molecule has 1 fully saturated rings. The van der Waals surface area contributed by atoms with E-state index in [-0.39, 0.29) is 5.41 Å². The van der Waals surface area contributed by atoms with Crippen LogP contribution in [0.1, 0.15) is 31.7 Å². The molecular weight excluding hydrogens is 238 g/mol. The third kappa shape index (κ3) is 3.03. The summed E-state index contributed by atoms with van der Waals surface area (Å²) in [6.07, 6.45) is 4.56. The summed E-state index contributed by atoms with van der Waals surface area (Å²) in [6.45, 7) is 5.92. The predicted molar refractivity (Wildman–Crippen MR) is 76.9 cm³/mol. The normalized spacial score (nSPS) is 21.3. The molecule has 1 N–H and O–H groups in total. The predicted octanol–water partition coefficient (Wildman–Crippen LogP) is 3.24. The van der Waals surface area contributed by atoms with Crippen molar-refractivity contribution in [1.29, 1.82) is 0 Å². The van der Waals surface area contributed by atoms with Crippen LogP contribution in [0.4, 0.5) is 5.69 Å². The molecule has 2 aliphatic rings. The third-order valence-corrected chi connectivity index (χ3v) is 4.30. The van der Waals surface area contributed by atoms with Gasteiger partial charge in [-0.25, -0.2) is 0 Å². The van der Waals surface area contributed by atoms with E-state index >= 15 is 0 Å². The van der Waals surface area contributed by atoms with Crippen molar-refractivity contribution in [2.75, 3.05) is 31.7 Å². The summed E-state index contributed by atoms with van der Waals surface area (Å²) in [5.74, 6) is 1.01. The Balaban J connectivity index is 1.63. The van der Waals surface area contributed by atoms with E-state index in [2.05, 4.69) is 30.4 Å². The Labute approximate surface area is 115 Å². The van der Waals surface area contributed by atoms with Crippen molar-refractivity contribution in [2.45, 2.75) is 32.6 Å². The van der Waals surface area contributed by atoms with Crippen molar-refractivity contribution in [2.24, 2.45) is 5.41 Å². The van der Waals surface area contributed by atoms with Gasteiger partial charge >= 0.3 is 0 Å². The number of aryl methyl sites for hydroxylation is 1. The minimum absolute atomic E-state index is 0.270. The van der Waals surface area contributed by atoms with Gasteiger partial charge in [0, 0.05) is 30.9 Å². The molecule has 0 aliphatic carbocycles. The fourth-order valence-corrected chi connectivity index (χ4v) is 2.81. The number of hydrogen-bond acceptors (Lipinski definition) is 3. The molecule has 0 amide bonds. The van der Waals surface area contributed by atoms with Gasteiger partial charge in [-0.2, -0.15) is 0 Å². The number of ether oxygens (including phenoxy) is 2. The highest BCUT2D eigenvalue weighted by Gasteiger charge is 2.28. The fraction of sp³-hybridized carbons (Fsp3) is 0.625. The molecule has 1 aromatic rings. The summed E-state index contributed by atoms with van der Waals surface area (Å²) >= 11 is 0. The summed E-state index contributed by atoms with van der Waals surface area (Å²) < 4.78 is 11.5. The van der Waals surface area contributed by atoms with E-state index in [9.17, 15) is 0 Å². The van der Waals surface area contributed by atoms with Crippen LogP contribution in [0.5, 0.6) is 5.75 Å². The highest BCUT2D eigenvalue weighted by atomic mass is 16.5. The Bertz CT molecular complexity index is 438. The third-order valence-electron chi connectivity index (χ3n) is 4.30. The number of fused-ring (bicyclic) bond motifs is 1. The maximum Gasteiger partial charge on any atom is 0.119 e. The lowest BCUT2D eigenvalue weighted by molar-refractivity contribution is 0.000300. The molecule has 1 aromatic carbocycles. The van der Waals surface area contributed by atoms with Gasteiger partial charge in [0.25, 0.3) is 0 Å². The molecule has 2 heterocycles. The first-order valence-corrected chi connectivity index (χ1v) is 7.33. The monoisotopic (exact) mass is 261 g/mol. The molecule has 0 spiro atoms. The average molecular weight is 261 g/mol. The molecule has 3 rings (SSSR count). The molecule has 0 saturated carbocycles. The van der Waals surface area contributed by atoms with E-state index in [4.69, 9.17) is 9.47 Å². The maximum atomic E-state index is 6.03. The zero-order valence-electron chi connectivity index (χ0n) is 11.7. The second kappa shape index (κ2) is 5.41. The lowest BCUT2D eigenvalue weighted by Crippen LogP contribution is -2.32.